The molecule has 1 saturated carbocycles. The Balaban J connectivity index is 1.69. The van der Waals surface area contributed by atoms with E-state index in [1.807, 2.05) is 6.92 Å². The molecule has 2 aliphatic rings. The number of anilines is 1. The zero-order valence-electron chi connectivity index (χ0n) is 20.5. The molecule has 0 radical (unpaired) electrons. The van der Waals surface area contributed by atoms with Crippen molar-refractivity contribution in [2.75, 3.05) is 10.8 Å². The van der Waals surface area contributed by atoms with Gasteiger partial charge in [0.05, 0.1) is 29.0 Å². The van der Waals surface area contributed by atoms with E-state index < -0.39 is 33.1 Å². The molecule has 2 aromatic rings. The van der Waals surface area contributed by atoms with Crippen LogP contribution in [0.3, 0.4) is 0 Å². The topological polar surface area (TPSA) is 116 Å². The summed E-state index contributed by atoms with van der Waals surface area (Å²) < 4.78 is 40.3. The number of rotatable bonds is 7. The Bertz CT molecular complexity index is 1240. The second-order valence-electron chi connectivity index (χ2n) is 10.5. The van der Waals surface area contributed by atoms with Crippen molar-refractivity contribution < 1.29 is 27.5 Å². The van der Waals surface area contributed by atoms with Crippen LogP contribution in [-0.4, -0.2) is 38.5 Å². The van der Waals surface area contributed by atoms with Crippen LogP contribution >= 0.6 is 0 Å². The first-order chi connectivity index (χ1) is 16.3. The van der Waals surface area contributed by atoms with Gasteiger partial charge >= 0.3 is 5.97 Å². The molecule has 188 valence electrons. The van der Waals surface area contributed by atoms with Crippen molar-refractivity contribution in [3.63, 3.8) is 0 Å². The first-order valence-corrected chi connectivity index (χ1v) is 13.1. The van der Waals surface area contributed by atoms with Gasteiger partial charge in [0.2, 0.25) is 5.91 Å². The van der Waals surface area contributed by atoms with Crippen molar-refractivity contribution in [3.05, 3.63) is 53.6 Å². The molecule has 35 heavy (non-hydrogen) atoms. The predicted octanol–water partition coefficient (Wildman–Crippen LogP) is 3.49. The SMILES string of the molecule is Cc1ccc(S(=O)(=O)N2C[C@@H](CC3(C(N)=O)CC3)Oc3ccc(CC(=O)OC(C)(C)C)cc32)cc1. The van der Waals surface area contributed by atoms with Crippen LogP contribution in [0.2, 0.25) is 0 Å². The number of benzene rings is 2. The number of fused-ring (bicyclic) bond motifs is 1. The molecule has 4 rings (SSSR count). The maximum Gasteiger partial charge on any atom is 0.310 e. The number of primary amides is 1. The molecule has 0 spiro atoms. The maximum atomic E-state index is 13.7. The lowest BCUT2D eigenvalue weighted by molar-refractivity contribution is -0.153. The number of nitrogens with two attached hydrogens (primary N) is 1. The van der Waals surface area contributed by atoms with Crippen molar-refractivity contribution in [1.29, 1.82) is 0 Å². The van der Waals surface area contributed by atoms with E-state index in [4.69, 9.17) is 15.2 Å². The molecule has 1 amide bonds. The van der Waals surface area contributed by atoms with Crippen LogP contribution in [0.15, 0.2) is 47.4 Å². The van der Waals surface area contributed by atoms with Crippen LogP contribution < -0.4 is 14.8 Å². The Morgan fingerprint density at radius 2 is 1.80 bits per heavy atom. The zero-order valence-corrected chi connectivity index (χ0v) is 21.4. The van der Waals surface area contributed by atoms with Gasteiger partial charge in [-0.05, 0) is 70.4 Å². The number of aryl methyl sites for hydroxylation is 1. The van der Waals surface area contributed by atoms with Crippen LogP contribution in [0.4, 0.5) is 5.69 Å². The molecule has 1 aliphatic carbocycles. The van der Waals surface area contributed by atoms with Gasteiger partial charge < -0.3 is 15.2 Å². The quantitative estimate of drug-likeness (QED) is 0.582. The molecule has 1 heterocycles. The third-order valence-electron chi connectivity index (χ3n) is 6.33. The van der Waals surface area contributed by atoms with E-state index in [9.17, 15) is 18.0 Å². The summed E-state index contributed by atoms with van der Waals surface area (Å²) in [6.45, 7) is 7.30. The minimum atomic E-state index is -3.93. The van der Waals surface area contributed by atoms with E-state index in [0.717, 1.165) is 5.56 Å². The van der Waals surface area contributed by atoms with Gasteiger partial charge in [-0.2, -0.15) is 0 Å². The molecule has 2 N–H and O–H groups in total. The van der Waals surface area contributed by atoms with E-state index in [0.29, 0.717) is 36.3 Å². The Hall–Kier alpha value is -3.07. The molecule has 1 atom stereocenters. The number of carbonyl (C=O) groups excluding carboxylic acids is 2. The maximum absolute atomic E-state index is 13.7. The minimum absolute atomic E-state index is 0.00279. The van der Waals surface area contributed by atoms with E-state index in [2.05, 4.69) is 0 Å². The molecule has 9 heteroatoms. The van der Waals surface area contributed by atoms with Gasteiger partial charge in [-0.15, -0.1) is 0 Å². The summed E-state index contributed by atoms with van der Waals surface area (Å²) >= 11 is 0. The largest absolute Gasteiger partial charge is 0.486 e. The second-order valence-corrected chi connectivity index (χ2v) is 12.4. The van der Waals surface area contributed by atoms with Crippen LogP contribution in [0.25, 0.3) is 0 Å². The number of hydrogen-bond acceptors (Lipinski definition) is 6. The summed E-state index contributed by atoms with van der Waals surface area (Å²) in [7, 11) is -3.93. The fraction of sp³-hybridized carbons (Fsp3) is 0.462. The first kappa shape index (κ1) is 25.0. The lowest BCUT2D eigenvalue weighted by Gasteiger charge is -2.37. The highest BCUT2D eigenvalue weighted by Crippen LogP contribution is 2.51. The van der Waals surface area contributed by atoms with E-state index in [1.54, 1.807) is 63.2 Å². The molecule has 0 aromatic heterocycles. The van der Waals surface area contributed by atoms with Crippen LogP contribution in [0, 0.1) is 12.3 Å². The summed E-state index contributed by atoms with van der Waals surface area (Å²) in [4.78, 5) is 24.5. The molecule has 1 fully saturated rings. The highest BCUT2D eigenvalue weighted by atomic mass is 32.2. The molecular formula is C26H32N2O6S. The Morgan fingerprint density at radius 1 is 1.14 bits per heavy atom. The van der Waals surface area contributed by atoms with Gasteiger partial charge in [-0.3, -0.25) is 13.9 Å². The number of hydrogen-bond donors (Lipinski definition) is 1. The van der Waals surface area contributed by atoms with Gasteiger partial charge in [-0.25, -0.2) is 8.42 Å². The molecule has 0 unspecified atom stereocenters. The third-order valence-corrected chi connectivity index (χ3v) is 8.12. The van der Waals surface area contributed by atoms with Gasteiger partial charge in [0.15, 0.2) is 0 Å². The molecular weight excluding hydrogens is 468 g/mol. The smallest absolute Gasteiger partial charge is 0.310 e. The third kappa shape index (κ3) is 5.45. The number of nitrogens with zero attached hydrogens (tertiary/aromatic N) is 1. The van der Waals surface area contributed by atoms with E-state index in [-0.39, 0.29) is 23.8 Å². The normalized spacial score (nSPS) is 18.9. The lowest BCUT2D eigenvalue weighted by Crippen LogP contribution is -2.45. The van der Waals surface area contributed by atoms with Crippen LogP contribution in [-0.2, 0) is 30.8 Å². The standard InChI is InChI=1S/C26H32N2O6S/c1-17-5-8-20(9-6-17)35(31,32)28-16-19(15-26(11-12-26)24(27)30)33-22-10-7-18(13-21(22)28)14-23(29)34-25(2,3)4/h5-10,13,19H,11-12,14-16H2,1-4H3,(H2,27,30)/t19-/m1/s1. The number of amides is 1. The minimum Gasteiger partial charge on any atom is -0.486 e. The average molecular weight is 501 g/mol. The van der Waals surface area contributed by atoms with Crippen molar-refractivity contribution in [2.24, 2.45) is 11.1 Å². The summed E-state index contributed by atoms with van der Waals surface area (Å²) in [5, 5.41) is 0. The van der Waals surface area contributed by atoms with Crippen LogP contribution in [0.5, 0.6) is 5.75 Å². The molecule has 1 aliphatic heterocycles. The van der Waals surface area contributed by atoms with Gasteiger partial charge in [0, 0.05) is 6.42 Å². The summed E-state index contributed by atoms with van der Waals surface area (Å²) in [5.41, 5.74) is 6.26. The highest BCUT2D eigenvalue weighted by Gasteiger charge is 2.51. The van der Waals surface area contributed by atoms with E-state index >= 15 is 0 Å². The Morgan fingerprint density at radius 3 is 2.37 bits per heavy atom. The highest BCUT2D eigenvalue weighted by molar-refractivity contribution is 7.92. The molecule has 0 bridgehead atoms. The second kappa shape index (κ2) is 8.86. The van der Waals surface area contributed by atoms with Crippen LogP contribution in [0.1, 0.15) is 51.2 Å². The molecule has 0 saturated heterocycles. The number of sulfonamides is 1. The predicted molar refractivity (Wildman–Crippen MR) is 132 cm³/mol. The summed E-state index contributed by atoms with van der Waals surface area (Å²) in [6, 6.07) is 11.7. The van der Waals surface area contributed by atoms with Gasteiger partial charge in [0.25, 0.3) is 10.0 Å². The molecule has 8 nitrogen and oxygen atoms in total. The van der Waals surface area contributed by atoms with Crippen molar-refractivity contribution in [1.82, 2.24) is 0 Å². The van der Waals surface area contributed by atoms with Crippen molar-refractivity contribution in [2.45, 2.75) is 70.0 Å². The zero-order chi connectivity index (χ0) is 25.6. The average Bonchev–Trinajstić information content (AvgIpc) is 3.53. The summed E-state index contributed by atoms with van der Waals surface area (Å²) in [6.07, 6.45) is 1.16. The number of esters is 1. The lowest BCUT2D eigenvalue weighted by atomic mass is 9.96. The van der Waals surface area contributed by atoms with Gasteiger partial charge in [-0.1, -0.05) is 23.8 Å². The number of ether oxygens (including phenoxy) is 2. The first-order valence-electron chi connectivity index (χ1n) is 11.7. The fourth-order valence-corrected chi connectivity index (χ4v) is 5.82. The fourth-order valence-electron chi connectivity index (χ4n) is 4.32. The summed E-state index contributed by atoms with van der Waals surface area (Å²) in [5.74, 6) is -0.408. The van der Waals surface area contributed by atoms with Gasteiger partial charge in [0.1, 0.15) is 17.5 Å². The van der Waals surface area contributed by atoms with E-state index in [1.165, 1.54) is 4.31 Å². The number of carbonyl (C=O) groups is 2. The molecule has 2 aromatic carbocycles. The Kier molecular flexibility index (Phi) is 6.34. The Labute approximate surface area is 206 Å². The monoisotopic (exact) mass is 500 g/mol. The van der Waals surface area contributed by atoms with Crippen molar-refractivity contribution >= 4 is 27.6 Å². The van der Waals surface area contributed by atoms with Crippen molar-refractivity contribution in [3.8, 4) is 5.75 Å².